The van der Waals surface area contributed by atoms with Crippen molar-refractivity contribution < 1.29 is 9.21 Å². The molecule has 0 saturated carbocycles. The van der Waals surface area contributed by atoms with E-state index < -0.39 is 0 Å². The molecule has 0 aliphatic rings. The number of nitrogens with zero attached hydrogens (tertiary/aromatic N) is 1. The number of rotatable bonds is 2. The van der Waals surface area contributed by atoms with Crippen LogP contribution >= 0.6 is 0 Å². The van der Waals surface area contributed by atoms with Gasteiger partial charge in [0.15, 0.2) is 17.3 Å². The first kappa shape index (κ1) is 8.94. The first-order valence-corrected chi connectivity index (χ1v) is 4.61. The Balaban J connectivity index is 2.55. The van der Waals surface area contributed by atoms with E-state index in [1.807, 2.05) is 13.0 Å². The predicted molar refractivity (Wildman–Crippen MR) is 53.4 cm³/mol. The number of Topliss-reactive ketones (excluding diaryl/α,β-unsaturated/α-hetero) is 1. The molecule has 1 aromatic carbocycles. The second kappa shape index (κ2) is 3.25. The van der Waals surface area contributed by atoms with Crippen LogP contribution in [0.1, 0.15) is 29.6 Å². The van der Waals surface area contributed by atoms with Crippen molar-refractivity contribution in [3.63, 3.8) is 0 Å². The third-order valence-corrected chi connectivity index (χ3v) is 2.14. The van der Waals surface area contributed by atoms with Crippen LogP contribution in [0.4, 0.5) is 0 Å². The fourth-order valence-electron chi connectivity index (χ4n) is 1.42. The second-order valence-electron chi connectivity index (χ2n) is 3.19. The number of hydrogen-bond donors (Lipinski definition) is 0. The summed E-state index contributed by atoms with van der Waals surface area (Å²) in [4.78, 5) is 15.6. The molecule has 0 aliphatic carbocycles. The Kier molecular flexibility index (Phi) is 2.08. The fourth-order valence-corrected chi connectivity index (χ4v) is 1.42. The van der Waals surface area contributed by atoms with Crippen molar-refractivity contribution in [3.8, 4) is 0 Å². The van der Waals surface area contributed by atoms with Gasteiger partial charge in [0.2, 0.25) is 0 Å². The number of carbonyl (C=O) groups is 1. The summed E-state index contributed by atoms with van der Waals surface area (Å²) in [6.07, 6.45) is 0.513. The summed E-state index contributed by atoms with van der Waals surface area (Å²) in [6.45, 7) is 3.64. The van der Waals surface area contributed by atoms with E-state index >= 15 is 0 Å². The van der Waals surface area contributed by atoms with Crippen LogP contribution in [-0.4, -0.2) is 10.8 Å². The molecule has 0 bridgehead atoms. The maximum absolute atomic E-state index is 11.4. The molecule has 0 aliphatic heterocycles. The van der Waals surface area contributed by atoms with Crippen LogP contribution in [0.5, 0.6) is 0 Å². The summed E-state index contributed by atoms with van der Waals surface area (Å²) in [5.74, 6) is 0.752. The largest absolute Gasteiger partial charge is 0.441 e. The molecule has 0 spiro atoms. The third-order valence-electron chi connectivity index (χ3n) is 2.14. The Hall–Kier alpha value is -1.64. The highest BCUT2D eigenvalue weighted by Gasteiger charge is 2.07. The minimum Gasteiger partial charge on any atom is -0.441 e. The molecule has 0 atom stereocenters. The highest BCUT2D eigenvalue weighted by molar-refractivity contribution is 5.98. The Bertz CT molecular complexity index is 485. The number of aryl methyl sites for hydroxylation is 1. The normalized spacial score (nSPS) is 10.7. The molecule has 1 heterocycles. The topological polar surface area (TPSA) is 43.1 Å². The molecule has 0 unspecified atom stereocenters. The number of aromatic nitrogens is 1. The van der Waals surface area contributed by atoms with E-state index in [1.165, 1.54) is 0 Å². The van der Waals surface area contributed by atoms with Gasteiger partial charge in [-0.2, -0.15) is 0 Å². The number of ketones is 1. The van der Waals surface area contributed by atoms with E-state index in [4.69, 9.17) is 4.42 Å². The molecule has 0 fully saturated rings. The van der Waals surface area contributed by atoms with Gasteiger partial charge in [0, 0.05) is 18.9 Å². The van der Waals surface area contributed by atoms with Gasteiger partial charge in [-0.05, 0) is 18.2 Å². The maximum Gasteiger partial charge on any atom is 0.192 e. The molecule has 0 N–H and O–H groups in total. The smallest absolute Gasteiger partial charge is 0.192 e. The van der Waals surface area contributed by atoms with Crippen LogP contribution in [0.25, 0.3) is 11.1 Å². The van der Waals surface area contributed by atoms with E-state index in [1.54, 1.807) is 19.1 Å². The van der Waals surface area contributed by atoms with Crippen LogP contribution in [0, 0.1) is 6.92 Å². The van der Waals surface area contributed by atoms with Gasteiger partial charge in [-0.3, -0.25) is 4.79 Å². The minimum atomic E-state index is 0.126. The SMILES string of the molecule is CCC(=O)c1ccc2nc(C)oc2c1. The van der Waals surface area contributed by atoms with E-state index in [9.17, 15) is 4.79 Å². The van der Waals surface area contributed by atoms with Crippen molar-refractivity contribution in [2.24, 2.45) is 0 Å². The van der Waals surface area contributed by atoms with Gasteiger partial charge in [-0.15, -0.1) is 0 Å². The lowest BCUT2D eigenvalue weighted by Crippen LogP contribution is -1.95. The average Bonchev–Trinajstić information content (AvgIpc) is 2.55. The summed E-state index contributed by atoms with van der Waals surface area (Å²) in [7, 11) is 0. The van der Waals surface area contributed by atoms with Gasteiger partial charge >= 0.3 is 0 Å². The maximum atomic E-state index is 11.4. The zero-order valence-corrected chi connectivity index (χ0v) is 8.20. The van der Waals surface area contributed by atoms with Crippen molar-refractivity contribution in [2.75, 3.05) is 0 Å². The molecule has 14 heavy (non-hydrogen) atoms. The molecule has 0 saturated heterocycles. The molecule has 72 valence electrons. The molecule has 0 amide bonds. The Labute approximate surface area is 81.7 Å². The van der Waals surface area contributed by atoms with Crippen LogP contribution in [-0.2, 0) is 0 Å². The number of oxazole rings is 1. The van der Waals surface area contributed by atoms with Crippen molar-refractivity contribution in [3.05, 3.63) is 29.7 Å². The van der Waals surface area contributed by atoms with Crippen LogP contribution in [0.15, 0.2) is 22.6 Å². The molecule has 3 heteroatoms. The fraction of sp³-hybridized carbons (Fsp3) is 0.273. The Morgan fingerprint density at radius 1 is 1.50 bits per heavy atom. The Morgan fingerprint density at radius 2 is 2.29 bits per heavy atom. The molecular formula is C11H11NO2. The van der Waals surface area contributed by atoms with E-state index in [-0.39, 0.29) is 5.78 Å². The van der Waals surface area contributed by atoms with Crippen molar-refractivity contribution in [1.29, 1.82) is 0 Å². The van der Waals surface area contributed by atoms with Crippen LogP contribution in [0.3, 0.4) is 0 Å². The van der Waals surface area contributed by atoms with E-state index in [0.717, 1.165) is 5.52 Å². The number of benzene rings is 1. The van der Waals surface area contributed by atoms with E-state index in [2.05, 4.69) is 4.98 Å². The van der Waals surface area contributed by atoms with E-state index in [0.29, 0.717) is 23.5 Å². The summed E-state index contributed by atoms with van der Waals surface area (Å²) in [5.41, 5.74) is 2.17. The van der Waals surface area contributed by atoms with Crippen LogP contribution < -0.4 is 0 Å². The van der Waals surface area contributed by atoms with Crippen LogP contribution in [0.2, 0.25) is 0 Å². The molecule has 3 nitrogen and oxygen atoms in total. The lowest BCUT2D eigenvalue weighted by Gasteiger charge is -1.95. The average molecular weight is 189 g/mol. The number of hydrogen-bond acceptors (Lipinski definition) is 3. The van der Waals surface area contributed by atoms with Gasteiger partial charge in [-0.1, -0.05) is 6.92 Å². The summed E-state index contributed by atoms with van der Waals surface area (Å²) in [6, 6.07) is 5.35. The quantitative estimate of drug-likeness (QED) is 0.682. The summed E-state index contributed by atoms with van der Waals surface area (Å²) in [5, 5.41) is 0. The van der Waals surface area contributed by atoms with Gasteiger partial charge < -0.3 is 4.42 Å². The van der Waals surface area contributed by atoms with Crippen molar-refractivity contribution in [1.82, 2.24) is 4.98 Å². The lowest BCUT2D eigenvalue weighted by atomic mass is 10.1. The first-order valence-electron chi connectivity index (χ1n) is 4.61. The highest BCUT2D eigenvalue weighted by atomic mass is 16.3. The zero-order chi connectivity index (χ0) is 10.1. The molecule has 2 rings (SSSR count). The van der Waals surface area contributed by atoms with Gasteiger partial charge in [0.25, 0.3) is 0 Å². The number of fused-ring (bicyclic) bond motifs is 1. The monoisotopic (exact) mass is 189 g/mol. The second-order valence-corrected chi connectivity index (χ2v) is 3.19. The zero-order valence-electron chi connectivity index (χ0n) is 8.20. The first-order chi connectivity index (χ1) is 6.70. The molecule has 2 aromatic rings. The Morgan fingerprint density at radius 3 is 3.00 bits per heavy atom. The highest BCUT2D eigenvalue weighted by Crippen LogP contribution is 2.17. The third kappa shape index (κ3) is 1.41. The summed E-state index contributed by atoms with van der Waals surface area (Å²) >= 11 is 0. The van der Waals surface area contributed by atoms with Gasteiger partial charge in [-0.25, -0.2) is 4.98 Å². The predicted octanol–water partition coefficient (Wildman–Crippen LogP) is 2.73. The number of carbonyl (C=O) groups excluding carboxylic acids is 1. The lowest BCUT2D eigenvalue weighted by molar-refractivity contribution is 0.0988. The van der Waals surface area contributed by atoms with Crippen molar-refractivity contribution >= 4 is 16.9 Å². The van der Waals surface area contributed by atoms with Gasteiger partial charge in [0.1, 0.15) is 5.52 Å². The van der Waals surface area contributed by atoms with Crippen molar-refractivity contribution in [2.45, 2.75) is 20.3 Å². The molecule has 1 aromatic heterocycles. The standard InChI is InChI=1S/C11H11NO2/c1-3-10(13)8-4-5-9-11(6-8)14-7(2)12-9/h4-6H,3H2,1-2H3. The summed E-state index contributed by atoms with van der Waals surface area (Å²) < 4.78 is 5.34. The van der Waals surface area contributed by atoms with Gasteiger partial charge in [0.05, 0.1) is 0 Å². The molecule has 0 radical (unpaired) electrons. The minimum absolute atomic E-state index is 0.126. The molecular weight excluding hydrogens is 178 g/mol.